The first-order valence-electron chi connectivity index (χ1n) is 5.13. The van der Waals surface area contributed by atoms with Crippen molar-refractivity contribution < 1.29 is 14.3 Å². The second-order valence-corrected chi connectivity index (χ2v) is 5.03. The van der Waals surface area contributed by atoms with E-state index in [9.17, 15) is 9.59 Å². The summed E-state index contributed by atoms with van der Waals surface area (Å²) in [5.74, 6) is -0.0200. The summed E-state index contributed by atoms with van der Waals surface area (Å²) in [6.45, 7) is 10.4. The lowest BCUT2D eigenvalue weighted by molar-refractivity contribution is -0.124. The lowest BCUT2D eigenvalue weighted by Crippen LogP contribution is -2.50. The highest BCUT2D eigenvalue weighted by Crippen LogP contribution is 2.11. The van der Waals surface area contributed by atoms with Crippen molar-refractivity contribution in [1.29, 1.82) is 0 Å². The van der Waals surface area contributed by atoms with E-state index in [2.05, 4.69) is 5.32 Å². The molecule has 88 valence electrons. The van der Waals surface area contributed by atoms with Gasteiger partial charge in [-0.2, -0.15) is 0 Å². The van der Waals surface area contributed by atoms with E-state index in [1.807, 2.05) is 0 Å². The molecule has 0 rings (SSSR count). The summed E-state index contributed by atoms with van der Waals surface area (Å²) < 4.78 is 5.07. The second-order valence-electron chi connectivity index (χ2n) is 5.03. The van der Waals surface area contributed by atoms with Crippen molar-refractivity contribution in [2.45, 2.75) is 59.1 Å². The van der Waals surface area contributed by atoms with Crippen LogP contribution < -0.4 is 5.32 Å². The molecule has 0 aliphatic carbocycles. The molecular weight excluding hydrogens is 194 g/mol. The molecule has 0 unspecified atom stereocenters. The van der Waals surface area contributed by atoms with Crippen molar-refractivity contribution in [2.75, 3.05) is 0 Å². The summed E-state index contributed by atoms with van der Waals surface area (Å²) in [6, 6.07) is 0. The Hall–Kier alpha value is -1.06. The number of ketones is 1. The van der Waals surface area contributed by atoms with E-state index in [0.29, 0.717) is 6.42 Å². The maximum Gasteiger partial charge on any atom is 0.408 e. The van der Waals surface area contributed by atoms with Crippen molar-refractivity contribution in [2.24, 2.45) is 0 Å². The predicted octanol–water partition coefficient (Wildman–Crippen LogP) is 2.27. The molecule has 0 atom stereocenters. The number of amides is 1. The summed E-state index contributed by atoms with van der Waals surface area (Å²) >= 11 is 0. The van der Waals surface area contributed by atoms with Crippen LogP contribution in [0.5, 0.6) is 0 Å². The van der Waals surface area contributed by atoms with Gasteiger partial charge in [0.2, 0.25) is 0 Å². The average molecular weight is 215 g/mol. The minimum Gasteiger partial charge on any atom is -0.444 e. The maximum absolute atomic E-state index is 11.5. The van der Waals surface area contributed by atoms with E-state index in [1.165, 1.54) is 0 Å². The van der Waals surface area contributed by atoms with E-state index in [4.69, 9.17) is 4.74 Å². The van der Waals surface area contributed by atoms with E-state index in [1.54, 1.807) is 41.5 Å². The Balaban J connectivity index is 4.35. The van der Waals surface area contributed by atoms with Crippen LogP contribution in [-0.4, -0.2) is 23.0 Å². The molecule has 0 aromatic heterocycles. The van der Waals surface area contributed by atoms with E-state index in [0.717, 1.165) is 0 Å². The number of hydrogen-bond acceptors (Lipinski definition) is 3. The Bertz CT molecular complexity index is 251. The van der Waals surface area contributed by atoms with Gasteiger partial charge in [-0.3, -0.25) is 4.79 Å². The molecule has 1 N–H and O–H groups in total. The Morgan fingerprint density at radius 2 is 1.60 bits per heavy atom. The van der Waals surface area contributed by atoms with Gasteiger partial charge in [-0.1, -0.05) is 6.92 Å². The normalized spacial score (nSPS) is 12.1. The molecule has 0 aliphatic heterocycles. The van der Waals surface area contributed by atoms with Gasteiger partial charge in [0.25, 0.3) is 0 Å². The highest BCUT2D eigenvalue weighted by atomic mass is 16.6. The first-order valence-corrected chi connectivity index (χ1v) is 5.13. The molecule has 0 aliphatic rings. The van der Waals surface area contributed by atoms with Gasteiger partial charge in [0.15, 0.2) is 5.78 Å². The number of carbonyl (C=O) groups is 2. The van der Waals surface area contributed by atoms with Crippen LogP contribution in [-0.2, 0) is 9.53 Å². The molecule has 0 aromatic carbocycles. The molecule has 4 nitrogen and oxygen atoms in total. The summed E-state index contributed by atoms with van der Waals surface area (Å²) in [6.07, 6.45) is -0.169. The molecule has 15 heavy (non-hydrogen) atoms. The van der Waals surface area contributed by atoms with Crippen molar-refractivity contribution in [1.82, 2.24) is 5.32 Å². The van der Waals surface area contributed by atoms with Crippen molar-refractivity contribution >= 4 is 11.9 Å². The number of nitrogens with one attached hydrogen (secondary N) is 1. The fourth-order valence-corrected chi connectivity index (χ4v) is 1.07. The minimum atomic E-state index is -0.864. The lowest BCUT2D eigenvalue weighted by Gasteiger charge is -2.27. The van der Waals surface area contributed by atoms with Crippen LogP contribution in [0.1, 0.15) is 48.0 Å². The zero-order valence-corrected chi connectivity index (χ0v) is 10.4. The van der Waals surface area contributed by atoms with Crippen LogP contribution in [0.15, 0.2) is 0 Å². The van der Waals surface area contributed by atoms with Gasteiger partial charge in [0.05, 0.1) is 5.54 Å². The molecule has 0 saturated carbocycles. The van der Waals surface area contributed by atoms with Gasteiger partial charge in [-0.15, -0.1) is 0 Å². The molecule has 0 fully saturated rings. The topological polar surface area (TPSA) is 55.4 Å². The first kappa shape index (κ1) is 13.9. The van der Waals surface area contributed by atoms with E-state index in [-0.39, 0.29) is 5.78 Å². The second kappa shape index (κ2) is 4.64. The zero-order chi connectivity index (χ0) is 12.3. The Morgan fingerprint density at radius 1 is 1.13 bits per heavy atom. The van der Waals surface area contributed by atoms with Crippen molar-refractivity contribution in [3.05, 3.63) is 0 Å². The smallest absolute Gasteiger partial charge is 0.408 e. The Labute approximate surface area is 91.4 Å². The van der Waals surface area contributed by atoms with Crippen molar-refractivity contribution in [3.63, 3.8) is 0 Å². The predicted molar refractivity (Wildman–Crippen MR) is 58.7 cm³/mol. The van der Waals surface area contributed by atoms with E-state index < -0.39 is 17.2 Å². The molecule has 1 amide bonds. The molecule has 0 saturated heterocycles. The van der Waals surface area contributed by atoms with Crippen LogP contribution in [0.25, 0.3) is 0 Å². The highest BCUT2D eigenvalue weighted by Gasteiger charge is 2.29. The summed E-state index contributed by atoms with van der Waals surface area (Å²) in [4.78, 5) is 22.9. The monoisotopic (exact) mass is 215 g/mol. The molecule has 4 heteroatoms. The third-order valence-corrected chi connectivity index (χ3v) is 1.83. The SMILES string of the molecule is CCC(=O)C(C)(C)NC(=O)OC(C)(C)C. The van der Waals surface area contributed by atoms with Gasteiger partial charge < -0.3 is 10.1 Å². The van der Waals surface area contributed by atoms with Crippen LogP contribution in [0, 0.1) is 0 Å². The average Bonchev–Trinajstić information content (AvgIpc) is 1.97. The number of ether oxygens (including phenoxy) is 1. The van der Waals surface area contributed by atoms with Crippen LogP contribution in [0.3, 0.4) is 0 Å². The van der Waals surface area contributed by atoms with Crippen LogP contribution in [0.2, 0.25) is 0 Å². The molecule has 0 heterocycles. The fraction of sp³-hybridized carbons (Fsp3) is 0.818. The van der Waals surface area contributed by atoms with Crippen LogP contribution in [0.4, 0.5) is 4.79 Å². The summed E-state index contributed by atoms with van der Waals surface area (Å²) in [7, 11) is 0. The summed E-state index contributed by atoms with van der Waals surface area (Å²) in [5, 5.41) is 2.55. The summed E-state index contributed by atoms with van der Waals surface area (Å²) in [5.41, 5.74) is -1.41. The highest BCUT2D eigenvalue weighted by molar-refractivity contribution is 5.90. The Morgan fingerprint density at radius 3 is 1.93 bits per heavy atom. The van der Waals surface area contributed by atoms with Gasteiger partial charge in [0, 0.05) is 6.42 Å². The van der Waals surface area contributed by atoms with E-state index >= 15 is 0 Å². The van der Waals surface area contributed by atoms with Crippen LogP contribution >= 0.6 is 0 Å². The van der Waals surface area contributed by atoms with Crippen molar-refractivity contribution in [3.8, 4) is 0 Å². The maximum atomic E-state index is 11.5. The third-order valence-electron chi connectivity index (χ3n) is 1.83. The molecule has 0 spiro atoms. The van der Waals surface area contributed by atoms with Gasteiger partial charge in [-0.25, -0.2) is 4.79 Å². The quantitative estimate of drug-likeness (QED) is 0.785. The van der Waals surface area contributed by atoms with Gasteiger partial charge in [0.1, 0.15) is 5.60 Å². The minimum absolute atomic E-state index is 0.0200. The fourth-order valence-electron chi connectivity index (χ4n) is 1.07. The lowest BCUT2D eigenvalue weighted by atomic mass is 9.98. The number of rotatable bonds is 3. The molecule has 0 radical (unpaired) electrons. The number of carbonyl (C=O) groups excluding carboxylic acids is 2. The molecular formula is C11H21NO3. The molecule has 0 bridgehead atoms. The third kappa shape index (κ3) is 5.40. The largest absolute Gasteiger partial charge is 0.444 e. The molecule has 0 aromatic rings. The zero-order valence-electron chi connectivity index (χ0n) is 10.4. The Kier molecular flexibility index (Phi) is 4.31. The number of Topliss-reactive ketones (excluding diaryl/α,β-unsaturated/α-hetero) is 1. The van der Waals surface area contributed by atoms with Gasteiger partial charge in [-0.05, 0) is 34.6 Å². The number of alkyl carbamates (subject to hydrolysis) is 1. The van der Waals surface area contributed by atoms with Gasteiger partial charge >= 0.3 is 6.09 Å². The number of hydrogen-bond donors (Lipinski definition) is 1. The first-order chi connectivity index (χ1) is 6.58. The standard InChI is InChI=1S/C11H21NO3/c1-7-8(13)11(5,6)12-9(14)15-10(2,3)4/h7H2,1-6H3,(H,12,14).